The summed E-state index contributed by atoms with van der Waals surface area (Å²) in [5, 5.41) is 6.86. The number of benzene rings is 1. The summed E-state index contributed by atoms with van der Waals surface area (Å²) < 4.78 is 21.5. The summed E-state index contributed by atoms with van der Waals surface area (Å²) in [5.74, 6) is 1.66. The zero-order valence-corrected chi connectivity index (χ0v) is 19.7. The van der Waals surface area contributed by atoms with E-state index in [1.54, 1.807) is 31.4 Å². The van der Waals surface area contributed by atoms with Gasteiger partial charge >= 0.3 is 5.97 Å². The molecule has 1 saturated carbocycles. The normalized spacial score (nSPS) is 18.2. The van der Waals surface area contributed by atoms with Gasteiger partial charge in [-0.3, -0.25) is 4.79 Å². The van der Waals surface area contributed by atoms with Crippen molar-refractivity contribution in [3.8, 4) is 11.5 Å². The van der Waals surface area contributed by atoms with Crippen molar-refractivity contribution in [2.45, 2.75) is 59.1 Å². The number of nitrogens with one attached hydrogen (secondary N) is 1. The minimum absolute atomic E-state index is 0.175. The summed E-state index contributed by atoms with van der Waals surface area (Å²) >= 11 is 0. The predicted octanol–water partition coefficient (Wildman–Crippen LogP) is 4.13. The number of nitrogens with zero attached hydrogens (tertiary/aromatic N) is 1. The van der Waals surface area contributed by atoms with Crippen LogP contribution in [-0.2, 0) is 20.9 Å². The highest BCUT2D eigenvalue weighted by molar-refractivity contribution is 5.89. The van der Waals surface area contributed by atoms with E-state index in [-0.39, 0.29) is 18.6 Å². The Morgan fingerprint density at radius 1 is 1.18 bits per heavy atom. The number of methoxy groups -OCH3 is 1. The molecule has 178 valence electrons. The van der Waals surface area contributed by atoms with Crippen molar-refractivity contribution in [1.82, 2.24) is 10.5 Å². The van der Waals surface area contributed by atoms with Crippen LogP contribution in [0, 0.1) is 19.8 Å². The summed E-state index contributed by atoms with van der Waals surface area (Å²) in [6, 6.07) is 5.49. The van der Waals surface area contributed by atoms with Crippen molar-refractivity contribution in [2.75, 3.05) is 13.7 Å². The Labute approximate surface area is 194 Å². The van der Waals surface area contributed by atoms with E-state index < -0.39 is 5.97 Å². The number of carbonyl (C=O) groups is 2. The van der Waals surface area contributed by atoms with Gasteiger partial charge in [-0.05, 0) is 69.2 Å². The van der Waals surface area contributed by atoms with E-state index in [1.165, 1.54) is 6.08 Å². The predicted molar refractivity (Wildman–Crippen MR) is 123 cm³/mol. The zero-order valence-electron chi connectivity index (χ0n) is 19.7. The Hall–Kier alpha value is -3.29. The first kappa shape index (κ1) is 24.4. The second-order valence-corrected chi connectivity index (χ2v) is 8.47. The Morgan fingerprint density at radius 2 is 1.94 bits per heavy atom. The largest absolute Gasteiger partial charge is 0.493 e. The van der Waals surface area contributed by atoms with E-state index in [0.717, 1.165) is 42.5 Å². The van der Waals surface area contributed by atoms with Crippen LogP contribution in [0.2, 0.25) is 0 Å². The van der Waals surface area contributed by atoms with Crippen molar-refractivity contribution < 1.29 is 28.3 Å². The number of esters is 1. The molecule has 0 spiro atoms. The van der Waals surface area contributed by atoms with Crippen LogP contribution >= 0.6 is 0 Å². The number of aromatic nitrogens is 1. The molecule has 1 aliphatic carbocycles. The highest BCUT2D eigenvalue weighted by atomic mass is 16.5. The highest BCUT2D eigenvalue weighted by Crippen LogP contribution is 2.30. The van der Waals surface area contributed by atoms with Crippen LogP contribution in [0.3, 0.4) is 0 Å². The number of rotatable bonds is 9. The lowest BCUT2D eigenvalue weighted by Crippen LogP contribution is -2.39. The van der Waals surface area contributed by atoms with E-state index >= 15 is 0 Å². The molecule has 1 N–H and O–H groups in total. The Balaban J connectivity index is 1.48. The minimum Gasteiger partial charge on any atom is -0.493 e. The first-order chi connectivity index (χ1) is 15.9. The van der Waals surface area contributed by atoms with Crippen LogP contribution in [-0.4, -0.2) is 36.8 Å². The van der Waals surface area contributed by atoms with Gasteiger partial charge in [-0.15, -0.1) is 0 Å². The van der Waals surface area contributed by atoms with E-state index in [1.807, 2.05) is 13.8 Å². The second kappa shape index (κ2) is 11.5. The number of carbonyl (C=O) groups excluding carboxylic acids is 2. The maximum Gasteiger partial charge on any atom is 0.331 e. The van der Waals surface area contributed by atoms with Crippen molar-refractivity contribution in [3.63, 3.8) is 0 Å². The van der Waals surface area contributed by atoms with E-state index in [9.17, 15) is 9.59 Å². The average molecular weight is 457 g/mol. The number of aryl methyl sites for hydroxylation is 2. The molecule has 1 amide bonds. The van der Waals surface area contributed by atoms with Gasteiger partial charge < -0.3 is 24.1 Å². The lowest BCUT2D eigenvalue weighted by atomic mass is 9.87. The van der Waals surface area contributed by atoms with Crippen LogP contribution in [0.4, 0.5) is 0 Å². The molecule has 33 heavy (non-hydrogen) atoms. The smallest absolute Gasteiger partial charge is 0.331 e. The summed E-state index contributed by atoms with van der Waals surface area (Å²) in [7, 11) is 1.55. The molecule has 0 radical (unpaired) electrons. The molecule has 0 bridgehead atoms. The number of amides is 1. The number of hydrogen-bond donors (Lipinski definition) is 1. The van der Waals surface area contributed by atoms with Crippen LogP contribution in [0.5, 0.6) is 11.5 Å². The fourth-order valence-corrected chi connectivity index (χ4v) is 3.79. The Morgan fingerprint density at radius 3 is 2.61 bits per heavy atom. The van der Waals surface area contributed by atoms with Gasteiger partial charge in [-0.25, -0.2) is 4.79 Å². The van der Waals surface area contributed by atoms with Crippen molar-refractivity contribution in [1.29, 1.82) is 0 Å². The summed E-state index contributed by atoms with van der Waals surface area (Å²) in [6.45, 7) is 5.94. The van der Waals surface area contributed by atoms with Gasteiger partial charge in [-0.1, -0.05) is 18.1 Å². The van der Waals surface area contributed by atoms with Crippen molar-refractivity contribution >= 4 is 18.0 Å². The first-order valence-corrected chi connectivity index (χ1v) is 11.2. The van der Waals surface area contributed by atoms with Gasteiger partial charge in [0.1, 0.15) is 12.4 Å². The van der Waals surface area contributed by atoms with Crippen molar-refractivity contribution in [3.05, 3.63) is 46.9 Å². The topological polar surface area (TPSA) is 99.9 Å². The monoisotopic (exact) mass is 456 g/mol. The number of ether oxygens (including phenoxy) is 3. The molecule has 0 aliphatic heterocycles. The van der Waals surface area contributed by atoms with Gasteiger partial charge in [0.15, 0.2) is 18.1 Å². The standard InChI is InChI=1S/C25H32N2O6/c1-16-5-9-20(10-6-16)26-24(28)15-32-25(29)12-8-19-7-11-22(23(13-19)30-4)31-14-21-17(2)27-33-18(21)3/h7-8,11-13,16,20H,5-6,9-10,14-15H2,1-4H3,(H,26,28)/b12-8+. The van der Waals surface area contributed by atoms with Crippen LogP contribution in [0.25, 0.3) is 6.08 Å². The van der Waals surface area contributed by atoms with Gasteiger partial charge in [-0.2, -0.15) is 0 Å². The van der Waals surface area contributed by atoms with Crippen LogP contribution in [0.1, 0.15) is 55.2 Å². The van der Waals surface area contributed by atoms with Gasteiger partial charge in [0.2, 0.25) is 0 Å². The highest BCUT2D eigenvalue weighted by Gasteiger charge is 2.20. The molecule has 8 nitrogen and oxygen atoms in total. The molecule has 8 heteroatoms. The molecular weight excluding hydrogens is 424 g/mol. The second-order valence-electron chi connectivity index (χ2n) is 8.47. The fraction of sp³-hybridized carbons (Fsp3) is 0.480. The van der Waals surface area contributed by atoms with Crippen molar-refractivity contribution in [2.24, 2.45) is 5.92 Å². The van der Waals surface area contributed by atoms with Crippen LogP contribution < -0.4 is 14.8 Å². The molecular formula is C25H32N2O6. The molecule has 1 aromatic carbocycles. The molecule has 0 atom stereocenters. The summed E-state index contributed by atoms with van der Waals surface area (Å²) in [4.78, 5) is 24.0. The fourth-order valence-electron chi connectivity index (χ4n) is 3.79. The maximum atomic E-state index is 12.0. The van der Waals surface area contributed by atoms with Gasteiger partial charge in [0.05, 0.1) is 18.4 Å². The third kappa shape index (κ3) is 7.10. The molecule has 0 saturated heterocycles. The Bertz CT molecular complexity index is 969. The van der Waals surface area contributed by atoms with Gasteiger partial charge in [0, 0.05) is 12.1 Å². The van der Waals surface area contributed by atoms with E-state index in [2.05, 4.69) is 17.4 Å². The summed E-state index contributed by atoms with van der Waals surface area (Å²) in [6.07, 6.45) is 7.06. The quantitative estimate of drug-likeness (QED) is 0.447. The molecule has 3 rings (SSSR count). The zero-order chi connectivity index (χ0) is 23.8. The SMILES string of the molecule is COc1cc(/C=C/C(=O)OCC(=O)NC2CCC(C)CC2)ccc1OCc1c(C)noc1C. The Kier molecular flexibility index (Phi) is 8.52. The molecule has 0 unspecified atom stereocenters. The third-order valence-corrected chi connectivity index (χ3v) is 5.88. The number of hydrogen-bond acceptors (Lipinski definition) is 7. The molecule has 1 aliphatic rings. The molecule has 1 fully saturated rings. The molecule has 1 heterocycles. The lowest BCUT2D eigenvalue weighted by Gasteiger charge is -2.26. The average Bonchev–Trinajstić information content (AvgIpc) is 3.13. The molecule has 2 aromatic rings. The lowest BCUT2D eigenvalue weighted by molar-refractivity contribution is -0.144. The molecule has 1 aromatic heterocycles. The van der Waals surface area contributed by atoms with Crippen LogP contribution in [0.15, 0.2) is 28.8 Å². The maximum absolute atomic E-state index is 12.0. The third-order valence-electron chi connectivity index (χ3n) is 5.88. The van der Waals surface area contributed by atoms with E-state index in [4.69, 9.17) is 18.7 Å². The first-order valence-electron chi connectivity index (χ1n) is 11.2. The minimum atomic E-state index is -0.583. The summed E-state index contributed by atoms with van der Waals surface area (Å²) in [5.41, 5.74) is 2.41. The van der Waals surface area contributed by atoms with E-state index in [0.29, 0.717) is 29.8 Å². The van der Waals surface area contributed by atoms with Gasteiger partial charge in [0.25, 0.3) is 5.91 Å².